The SMILES string of the molecule is CO[Si](OC)(OC)C(F)(F)C(F)(F)C(F)(F)C(F)(F)C(C)F. The van der Waals surface area contributed by atoms with E-state index in [0.29, 0.717) is 21.3 Å². The summed E-state index contributed by atoms with van der Waals surface area (Å²) >= 11 is 0. The van der Waals surface area contributed by atoms with E-state index in [1.54, 1.807) is 0 Å². The van der Waals surface area contributed by atoms with Crippen LogP contribution in [0.5, 0.6) is 0 Å². The van der Waals surface area contributed by atoms with Gasteiger partial charge in [-0.05, 0) is 6.92 Å². The number of hydrogen-bond acceptors (Lipinski definition) is 3. The van der Waals surface area contributed by atoms with Gasteiger partial charge in [0.1, 0.15) is 0 Å². The molecule has 0 aromatic rings. The van der Waals surface area contributed by atoms with Crippen LogP contribution >= 0.6 is 0 Å². The zero-order valence-corrected chi connectivity index (χ0v) is 12.7. The molecule has 0 aliphatic rings. The van der Waals surface area contributed by atoms with Crippen LogP contribution in [0.2, 0.25) is 0 Å². The molecule has 1 unspecified atom stereocenters. The minimum Gasteiger partial charge on any atom is -0.373 e. The van der Waals surface area contributed by atoms with Crippen molar-refractivity contribution < 1.29 is 52.8 Å². The van der Waals surface area contributed by atoms with Crippen molar-refractivity contribution in [3.8, 4) is 0 Å². The van der Waals surface area contributed by atoms with Crippen LogP contribution in [0.25, 0.3) is 0 Å². The summed E-state index contributed by atoms with van der Waals surface area (Å²) in [6.07, 6.45) is -3.83. The van der Waals surface area contributed by atoms with Crippen LogP contribution in [0.15, 0.2) is 0 Å². The average molecular weight is 368 g/mol. The summed E-state index contributed by atoms with van der Waals surface area (Å²) in [5.41, 5.74) is -5.97. The largest absolute Gasteiger partial charge is 0.581 e. The van der Waals surface area contributed by atoms with Gasteiger partial charge in [-0.3, -0.25) is 0 Å². The van der Waals surface area contributed by atoms with Gasteiger partial charge >= 0.3 is 32.1 Å². The Morgan fingerprint density at radius 3 is 1.27 bits per heavy atom. The first-order chi connectivity index (χ1) is 9.63. The van der Waals surface area contributed by atoms with Crippen molar-refractivity contribution in [1.82, 2.24) is 0 Å². The maximum Gasteiger partial charge on any atom is 0.581 e. The molecule has 0 radical (unpaired) electrons. The van der Waals surface area contributed by atoms with Crippen molar-refractivity contribution in [2.75, 3.05) is 21.3 Å². The van der Waals surface area contributed by atoms with Crippen molar-refractivity contribution in [2.24, 2.45) is 0 Å². The Labute approximate surface area is 120 Å². The summed E-state index contributed by atoms with van der Waals surface area (Å²) in [4.78, 5) is 0. The molecule has 0 rings (SSSR count). The maximum atomic E-state index is 13.8. The third kappa shape index (κ3) is 2.61. The van der Waals surface area contributed by atoms with E-state index in [4.69, 9.17) is 0 Å². The highest BCUT2D eigenvalue weighted by Gasteiger charge is 2.89. The molecular formula is C9H13F9O3Si. The van der Waals surface area contributed by atoms with E-state index in [1.165, 1.54) is 0 Å². The standard InChI is InChI=1S/C9H13F9O3Si/c1-5(10)6(11,12)7(13,14)8(15,16)9(17,18)22(19-2,20-3)21-4/h5H,1-4H3. The molecule has 0 saturated heterocycles. The van der Waals surface area contributed by atoms with Crippen molar-refractivity contribution in [3.05, 3.63) is 0 Å². The molecule has 3 nitrogen and oxygen atoms in total. The first-order valence-electron chi connectivity index (χ1n) is 5.43. The van der Waals surface area contributed by atoms with E-state index in [2.05, 4.69) is 13.3 Å². The molecular weight excluding hydrogens is 355 g/mol. The summed E-state index contributed by atoms with van der Waals surface area (Å²) in [5, 5.41) is 0. The van der Waals surface area contributed by atoms with E-state index in [-0.39, 0.29) is 6.92 Å². The molecule has 0 aromatic carbocycles. The van der Waals surface area contributed by atoms with Crippen molar-refractivity contribution in [1.29, 1.82) is 0 Å². The quantitative estimate of drug-likeness (QED) is 0.486. The van der Waals surface area contributed by atoms with Gasteiger partial charge in [0.25, 0.3) is 0 Å². The van der Waals surface area contributed by atoms with Crippen LogP contribution in [0.3, 0.4) is 0 Å². The van der Waals surface area contributed by atoms with Gasteiger partial charge in [-0.15, -0.1) is 0 Å². The second kappa shape index (κ2) is 6.17. The lowest BCUT2D eigenvalue weighted by Crippen LogP contribution is -2.74. The molecule has 0 amide bonds. The van der Waals surface area contributed by atoms with Gasteiger partial charge < -0.3 is 13.3 Å². The van der Waals surface area contributed by atoms with E-state index in [0.717, 1.165) is 0 Å². The fourth-order valence-electron chi connectivity index (χ4n) is 1.48. The van der Waals surface area contributed by atoms with E-state index < -0.39 is 38.3 Å². The lowest BCUT2D eigenvalue weighted by atomic mass is 10.0. The van der Waals surface area contributed by atoms with Crippen molar-refractivity contribution >= 4 is 8.80 Å². The molecule has 0 heterocycles. The van der Waals surface area contributed by atoms with E-state index in [1.807, 2.05) is 0 Å². The summed E-state index contributed by atoms with van der Waals surface area (Å²) in [5.74, 6) is -19.5. The Morgan fingerprint density at radius 1 is 0.727 bits per heavy atom. The highest BCUT2D eigenvalue weighted by molar-refractivity contribution is 6.63. The molecule has 0 fully saturated rings. The molecule has 0 aromatic heterocycles. The fourth-order valence-corrected chi connectivity index (χ4v) is 3.29. The van der Waals surface area contributed by atoms with Crippen LogP contribution in [0.4, 0.5) is 39.5 Å². The molecule has 0 aliphatic carbocycles. The van der Waals surface area contributed by atoms with Gasteiger partial charge in [-0.2, -0.15) is 35.1 Å². The van der Waals surface area contributed by atoms with Crippen molar-refractivity contribution in [3.63, 3.8) is 0 Å². The highest BCUT2D eigenvalue weighted by atomic mass is 28.4. The zero-order chi connectivity index (χ0) is 18.2. The minimum atomic E-state index is -6.74. The van der Waals surface area contributed by atoms with Gasteiger partial charge in [0.2, 0.25) is 0 Å². The fraction of sp³-hybridized carbons (Fsp3) is 1.00. The molecule has 0 N–H and O–H groups in total. The molecule has 0 saturated carbocycles. The topological polar surface area (TPSA) is 27.7 Å². The third-order valence-corrected chi connectivity index (χ3v) is 5.59. The van der Waals surface area contributed by atoms with E-state index >= 15 is 0 Å². The second-order valence-corrected chi connectivity index (χ2v) is 7.10. The van der Waals surface area contributed by atoms with Gasteiger partial charge in [0.05, 0.1) is 0 Å². The maximum absolute atomic E-state index is 13.8. The Morgan fingerprint density at radius 2 is 1.05 bits per heavy atom. The first-order valence-corrected chi connectivity index (χ1v) is 7.16. The third-order valence-electron chi connectivity index (χ3n) is 2.90. The monoisotopic (exact) mass is 368 g/mol. The number of halogens is 9. The molecule has 22 heavy (non-hydrogen) atoms. The Balaban J connectivity index is 6.20. The van der Waals surface area contributed by atoms with Gasteiger partial charge in [0.15, 0.2) is 6.17 Å². The Kier molecular flexibility index (Phi) is 6.02. The highest BCUT2D eigenvalue weighted by Crippen LogP contribution is 2.56. The number of rotatable bonds is 8. The smallest absolute Gasteiger partial charge is 0.373 e. The van der Waals surface area contributed by atoms with Crippen LogP contribution in [0, 0.1) is 0 Å². The lowest BCUT2D eigenvalue weighted by Gasteiger charge is -2.41. The summed E-state index contributed by atoms with van der Waals surface area (Å²) in [6.45, 7) is -0.171. The van der Waals surface area contributed by atoms with Crippen LogP contribution in [-0.2, 0) is 13.3 Å². The summed E-state index contributed by atoms with van der Waals surface area (Å²) < 4.78 is 132. The van der Waals surface area contributed by atoms with Gasteiger partial charge in [-0.1, -0.05) is 0 Å². The second-order valence-electron chi connectivity index (χ2n) is 4.13. The lowest BCUT2D eigenvalue weighted by molar-refractivity contribution is -0.366. The molecule has 0 spiro atoms. The van der Waals surface area contributed by atoms with Crippen LogP contribution in [0.1, 0.15) is 6.92 Å². The van der Waals surface area contributed by atoms with Crippen LogP contribution in [-0.4, -0.2) is 59.6 Å². The molecule has 0 aliphatic heterocycles. The van der Waals surface area contributed by atoms with Crippen LogP contribution < -0.4 is 0 Å². The van der Waals surface area contributed by atoms with Gasteiger partial charge in [0, 0.05) is 21.3 Å². The first kappa shape index (κ1) is 21.5. The van der Waals surface area contributed by atoms with E-state index in [9.17, 15) is 39.5 Å². The number of hydrogen-bond donors (Lipinski definition) is 0. The summed E-state index contributed by atoms with van der Waals surface area (Å²) in [7, 11) is -4.66. The Hall–Kier alpha value is -0.533. The minimum absolute atomic E-state index is 0.171. The van der Waals surface area contributed by atoms with Crippen molar-refractivity contribution in [2.45, 2.75) is 36.4 Å². The predicted octanol–water partition coefficient (Wildman–Crippen LogP) is 3.30. The molecule has 134 valence electrons. The predicted molar refractivity (Wildman–Crippen MR) is 57.1 cm³/mol. The molecule has 1 atom stereocenters. The average Bonchev–Trinajstić information content (AvgIpc) is 2.40. The Bertz CT molecular complexity index is 376. The number of alkyl halides is 9. The molecule has 13 heteroatoms. The summed E-state index contributed by atoms with van der Waals surface area (Å²) in [6, 6.07) is 0. The normalized spacial score (nSPS) is 16.8. The molecule has 0 bridgehead atoms. The van der Waals surface area contributed by atoms with Gasteiger partial charge in [-0.25, -0.2) is 4.39 Å². The zero-order valence-electron chi connectivity index (χ0n) is 11.7.